The number of hydrogen-bond acceptors (Lipinski definition) is 4. The lowest BCUT2D eigenvalue weighted by molar-refractivity contribution is -0.178. The molecule has 0 aliphatic heterocycles. The normalized spacial score (nSPS) is 14.7. The topological polar surface area (TPSA) is 35.5 Å². The van der Waals surface area contributed by atoms with E-state index < -0.39 is 6.29 Å². The summed E-state index contributed by atoms with van der Waals surface area (Å²) in [5.41, 5.74) is 0. The maximum atomic E-state index is 11.5. The Morgan fingerprint density at radius 1 is 1.20 bits per heavy atom. The van der Waals surface area contributed by atoms with Crippen molar-refractivity contribution in [3.8, 4) is 0 Å². The van der Waals surface area contributed by atoms with Crippen molar-refractivity contribution in [1.29, 1.82) is 0 Å². The zero-order valence-electron chi connectivity index (χ0n) is 9.86. The molecule has 0 N–H and O–H groups in total. The fraction of sp³-hybridized carbons (Fsp3) is 0.909. The van der Waals surface area contributed by atoms with Gasteiger partial charge in [0.15, 0.2) is 0 Å². The standard InChI is InChI=1S/C11H22O3S/c1-4-7-9(15)11(12)14-10(8-5-2)13-6-3/h9-10,15H,4-8H2,1-3H3. The van der Waals surface area contributed by atoms with Gasteiger partial charge in [-0.3, -0.25) is 4.79 Å². The van der Waals surface area contributed by atoms with Gasteiger partial charge in [0.1, 0.15) is 0 Å². The molecule has 0 heterocycles. The van der Waals surface area contributed by atoms with E-state index in [1.165, 1.54) is 0 Å². The molecular formula is C11H22O3S. The molecule has 0 bridgehead atoms. The first-order chi connectivity index (χ1) is 7.15. The highest BCUT2D eigenvalue weighted by Crippen LogP contribution is 2.11. The number of carbonyl (C=O) groups excluding carboxylic acids is 1. The van der Waals surface area contributed by atoms with Crippen molar-refractivity contribution in [3.63, 3.8) is 0 Å². The van der Waals surface area contributed by atoms with E-state index in [0.29, 0.717) is 6.61 Å². The van der Waals surface area contributed by atoms with Gasteiger partial charge in [-0.15, -0.1) is 0 Å². The molecule has 0 aromatic carbocycles. The maximum absolute atomic E-state index is 11.5. The van der Waals surface area contributed by atoms with Crippen LogP contribution in [0.25, 0.3) is 0 Å². The Morgan fingerprint density at radius 3 is 2.27 bits per heavy atom. The van der Waals surface area contributed by atoms with Crippen LogP contribution < -0.4 is 0 Å². The highest BCUT2D eigenvalue weighted by Gasteiger charge is 2.19. The van der Waals surface area contributed by atoms with Crippen LogP contribution in [-0.4, -0.2) is 24.1 Å². The molecule has 0 aliphatic carbocycles. The first kappa shape index (κ1) is 14.8. The average molecular weight is 234 g/mol. The summed E-state index contributed by atoms with van der Waals surface area (Å²) in [6.07, 6.45) is 2.94. The van der Waals surface area contributed by atoms with Gasteiger partial charge in [-0.2, -0.15) is 12.6 Å². The fourth-order valence-electron chi connectivity index (χ4n) is 1.20. The van der Waals surface area contributed by atoms with Gasteiger partial charge in [0.2, 0.25) is 6.29 Å². The van der Waals surface area contributed by atoms with Crippen LogP contribution in [0.5, 0.6) is 0 Å². The fourth-order valence-corrected chi connectivity index (χ4v) is 1.52. The second-order valence-electron chi connectivity index (χ2n) is 3.41. The first-order valence-electron chi connectivity index (χ1n) is 5.65. The van der Waals surface area contributed by atoms with Gasteiger partial charge in [0, 0.05) is 13.0 Å². The molecule has 0 spiro atoms. The molecule has 2 unspecified atom stereocenters. The second kappa shape index (κ2) is 9.04. The van der Waals surface area contributed by atoms with Crippen molar-refractivity contribution < 1.29 is 14.3 Å². The van der Waals surface area contributed by atoms with E-state index in [1.54, 1.807) is 0 Å². The monoisotopic (exact) mass is 234 g/mol. The molecule has 15 heavy (non-hydrogen) atoms. The average Bonchev–Trinajstić information content (AvgIpc) is 2.18. The van der Waals surface area contributed by atoms with Crippen LogP contribution >= 0.6 is 12.6 Å². The Hall–Kier alpha value is -0.220. The number of ether oxygens (including phenoxy) is 2. The predicted octanol–water partition coefficient (Wildman–Crippen LogP) is 2.79. The molecule has 0 amide bonds. The maximum Gasteiger partial charge on any atom is 0.321 e. The molecule has 0 rings (SSSR count). The summed E-state index contributed by atoms with van der Waals surface area (Å²) in [7, 11) is 0. The number of carbonyl (C=O) groups is 1. The van der Waals surface area contributed by atoms with Crippen molar-refractivity contribution >= 4 is 18.6 Å². The van der Waals surface area contributed by atoms with E-state index in [2.05, 4.69) is 12.6 Å². The van der Waals surface area contributed by atoms with Gasteiger partial charge in [0.25, 0.3) is 0 Å². The van der Waals surface area contributed by atoms with Gasteiger partial charge in [-0.25, -0.2) is 0 Å². The van der Waals surface area contributed by atoms with Crippen LogP contribution in [0.2, 0.25) is 0 Å². The highest BCUT2D eigenvalue weighted by atomic mass is 32.1. The molecule has 0 aliphatic rings. The van der Waals surface area contributed by atoms with E-state index in [9.17, 15) is 4.79 Å². The molecule has 0 saturated carbocycles. The molecular weight excluding hydrogens is 212 g/mol. The Bertz CT molecular complexity index is 167. The van der Waals surface area contributed by atoms with Crippen LogP contribution in [0.1, 0.15) is 46.5 Å². The third-order valence-corrected chi connectivity index (χ3v) is 2.43. The number of esters is 1. The van der Waals surface area contributed by atoms with E-state index in [0.717, 1.165) is 25.7 Å². The zero-order valence-corrected chi connectivity index (χ0v) is 10.8. The third-order valence-electron chi connectivity index (χ3n) is 1.96. The summed E-state index contributed by atoms with van der Waals surface area (Å²) >= 11 is 4.19. The van der Waals surface area contributed by atoms with Gasteiger partial charge >= 0.3 is 5.97 Å². The molecule has 90 valence electrons. The summed E-state index contributed by atoms with van der Waals surface area (Å²) in [5.74, 6) is -0.271. The van der Waals surface area contributed by atoms with Crippen LogP contribution in [0.4, 0.5) is 0 Å². The van der Waals surface area contributed by atoms with E-state index in [4.69, 9.17) is 9.47 Å². The minimum atomic E-state index is -0.404. The molecule has 0 radical (unpaired) electrons. The van der Waals surface area contributed by atoms with Crippen LogP contribution in [-0.2, 0) is 14.3 Å². The zero-order chi connectivity index (χ0) is 11.7. The Morgan fingerprint density at radius 2 is 1.80 bits per heavy atom. The number of rotatable bonds is 8. The Kier molecular flexibility index (Phi) is 8.91. The van der Waals surface area contributed by atoms with Crippen molar-refractivity contribution in [2.24, 2.45) is 0 Å². The summed E-state index contributed by atoms with van der Waals surface area (Å²) in [6.45, 7) is 6.50. The van der Waals surface area contributed by atoms with Crippen LogP contribution in [0, 0.1) is 0 Å². The van der Waals surface area contributed by atoms with E-state index in [1.807, 2.05) is 20.8 Å². The molecule has 0 aromatic rings. The molecule has 0 fully saturated rings. The quantitative estimate of drug-likeness (QED) is 0.398. The minimum Gasteiger partial charge on any atom is -0.435 e. The SMILES string of the molecule is CCCC(OCC)OC(=O)C(S)CCC. The van der Waals surface area contributed by atoms with Gasteiger partial charge in [-0.05, 0) is 13.3 Å². The molecule has 3 nitrogen and oxygen atoms in total. The number of hydrogen-bond donors (Lipinski definition) is 1. The molecule has 0 saturated heterocycles. The number of thiol groups is 1. The van der Waals surface area contributed by atoms with Gasteiger partial charge in [0.05, 0.1) is 5.25 Å². The third kappa shape index (κ3) is 6.79. The van der Waals surface area contributed by atoms with Gasteiger partial charge < -0.3 is 9.47 Å². The molecule has 4 heteroatoms. The van der Waals surface area contributed by atoms with Crippen LogP contribution in [0.3, 0.4) is 0 Å². The lowest BCUT2D eigenvalue weighted by Crippen LogP contribution is -2.26. The smallest absolute Gasteiger partial charge is 0.321 e. The molecule has 0 aromatic heterocycles. The molecule has 2 atom stereocenters. The van der Waals surface area contributed by atoms with Crippen molar-refractivity contribution in [2.75, 3.05) is 6.61 Å². The van der Waals surface area contributed by atoms with E-state index >= 15 is 0 Å². The van der Waals surface area contributed by atoms with E-state index in [-0.39, 0.29) is 11.2 Å². The van der Waals surface area contributed by atoms with Crippen molar-refractivity contribution in [2.45, 2.75) is 58.0 Å². The second-order valence-corrected chi connectivity index (χ2v) is 4.04. The summed E-state index contributed by atoms with van der Waals surface area (Å²) in [5, 5.41) is -0.324. The lowest BCUT2D eigenvalue weighted by Gasteiger charge is -2.18. The predicted molar refractivity (Wildman–Crippen MR) is 64.1 cm³/mol. The first-order valence-corrected chi connectivity index (χ1v) is 6.17. The summed E-state index contributed by atoms with van der Waals surface area (Å²) in [6, 6.07) is 0. The summed E-state index contributed by atoms with van der Waals surface area (Å²) < 4.78 is 10.5. The van der Waals surface area contributed by atoms with Crippen LogP contribution in [0.15, 0.2) is 0 Å². The van der Waals surface area contributed by atoms with Crippen molar-refractivity contribution in [3.05, 3.63) is 0 Å². The Balaban J connectivity index is 3.97. The minimum absolute atomic E-state index is 0.271. The highest BCUT2D eigenvalue weighted by molar-refractivity contribution is 7.81. The lowest BCUT2D eigenvalue weighted by atomic mass is 10.2. The van der Waals surface area contributed by atoms with Gasteiger partial charge in [-0.1, -0.05) is 26.7 Å². The largest absolute Gasteiger partial charge is 0.435 e. The Labute approximate surface area is 97.9 Å². The summed E-state index contributed by atoms with van der Waals surface area (Å²) in [4.78, 5) is 11.5. The van der Waals surface area contributed by atoms with Crippen molar-refractivity contribution in [1.82, 2.24) is 0 Å².